The first kappa shape index (κ1) is 11.6. The van der Waals surface area contributed by atoms with Crippen LogP contribution < -0.4 is 0 Å². The minimum atomic E-state index is -0.814. The molecule has 0 aliphatic heterocycles. The van der Waals surface area contributed by atoms with Gasteiger partial charge in [0, 0.05) is 0 Å². The summed E-state index contributed by atoms with van der Waals surface area (Å²) in [6.45, 7) is 5.66. The molecule has 1 aromatic heterocycles. The monoisotopic (exact) mass is 232 g/mol. The first-order valence-electron chi connectivity index (χ1n) is 5.68. The molecular weight excluding hydrogens is 216 g/mol. The Bertz CT molecular complexity index is 558. The number of benzene rings is 1. The summed E-state index contributed by atoms with van der Waals surface area (Å²) in [5.74, 6) is -0.0534. The molecule has 90 valence electrons. The molecule has 0 spiro atoms. The third kappa shape index (κ3) is 1.90. The van der Waals surface area contributed by atoms with Crippen molar-refractivity contribution in [1.29, 1.82) is 0 Å². The Kier molecular flexibility index (Phi) is 2.88. The number of hydrogen-bond donors (Lipinski definition) is 1. The van der Waals surface area contributed by atoms with E-state index in [1.165, 1.54) is 0 Å². The van der Waals surface area contributed by atoms with Crippen molar-refractivity contribution in [2.45, 2.75) is 26.8 Å². The molecule has 4 heteroatoms. The molecule has 17 heavy (non-hydrogen) atoms. The highest BCUT2D eigenvalue weighted by molar-refractivity contribution is 5.80. The van der Waals surface area contributed by atoms with Gasteiger partial charge in [0.05, 0.1) is 11.0 Å². The number of para-hydroxylation sites is 2. The molecule has 1 aromatic carbocycles. The van der Waals surface area contributed by atoms with E-state index in [1.54, 1.807) is 0 Å². The Morgan fingerprint density at radius 3 is 2.59 bits per heavy atom. The smallest absolute Gasteiger partial charge is 0.327 e. The Morgan fingerprint density at radius 2 is 2.00 bits per heavy atom. The van der Waals surface area contributed by atoms with Gasteiger partial charge < -0.3 is 9.67 Å². The van der Waals surface area contributed by atoms with Crippen LogP contribution in [0.5, 0.6) is 0 Å². The van der Waals surface area contributed by atoms with E-state index in [0.717, 1.165) is 16.9 Å². The average Bonchev–Trinajstić information content (AvgIpc) is 2.55. The third-order valence-corrected chi connectivity index (χ3v) is 2.93. The third-order valence-electron chi connectivity index (χ3n) is 2.93. The highest BCUT2D eigenvalue weighted by Crippen LogP contribution is 2.26. The lowest BCUT2D eigenvalue weighted by molar-refractivity contribution is -0.142. The minimum Gasteiger partial charge on any atom is -0.480 e. The van der Waals surface area contributed by atoms with Crippen LogP contribution in [0.4, 0.5) is 0 Å². The molecule has 0 radical (unpaired) electrons. The van der Waals surface area contributed by atoms with E-state index in [1.807, 2.05) is 49.6 Å². The molecular formula is C13H16N2O2. The Balaban J connectivity index is 2.68. The predicted octanol–water partition coefficient (Wildman–Crippen LogP) is 2.63. The van der Waals surface area contributed by atoms with Crippen LogP contribution in [0.1, 0.15) is 25.7 Å². The summed E-state index contributed by atoms with van der Waals surface area (Å²) in [6.07, 6.45) is 0. The summed E-state index contributed by atoms with van der Waals surface area (Å²) < 4.78 is 1.81. The van der Waals surface area contributed by atoms with Crippen LogP contribution in [0.3, 0.4) is 0 Å². The molecule has 0 amide bonds. The van der Waals surface area contributed by atoms with Crippen LogP contribution in [0.2, 0.25) is 0 Å². The van der Waals surface area contributed by atoms with Crippen molar-refractivity contribution >= 4 is 17.0 Å². The zero-order valence-electron chi connectivity index (χ0n) is 10.2. The average molecular weight is 232 g/mol. The van der Waals surface area contributed by atoms with Crippen molar-refractivity contribution < 1.29 is 9.90 Å². The van der Waals surface area contributed by atoms with Crippen LogP contribution in [-0.2, 0) is 4.79 Å². The SMILES string of the molecule is Cc1nc2ccccc2n1C(C(=O)O)C(C)C. The number of fused-ring (bicyclic) bond motifs is 1. The van der Waals surface area contributed by atoms with Crippen LogP contribution >= 0.6 is 0 Å². The fraction of sp³-hybridized carbons (Fsp3) is 0.385. The highest BCUT2D eigenvalue weighted by atomic mass is 16.4. The summed E-state index contributed by atoms with van der Waals surface area (Å²) in [4.78, 5) is 15.8. The van der Waals surface area contributed by atoms with E-state index in [-0.39, 0.29) is 5.92 Å². The van der Waals surface area contributed by atoms with Gasteiger partial charge in [0.25, 0.3) is 0 Å². The first-order chi connectivity index (χ1) is 8.02. The molecule has 0 aliphatic carbocycles. The number of imidazole rings is 1. The standard InChI is InChI=1S/C13H16N2O2/c1-8(2)12(13(16)17)15-9(3)14-10-6-4-5-7-11(10)15/h4-8,12H,1-3H3,(H,16,17). The summed E-state index contributed by atoms with van der Waals surface area (Å²) in [7, 11) is 0. The molecule has 0 saturated heterocycles. The van der Waals surface area contributed by atoms with Crippen LogP contribution in [0.25, 0.3) is 11.0 Å². The van der Waals surface area contributed by atoms with E-state index in [9.17, 15) is 9.90 Å². The number of hydrogen-bond acceptors (Lipinski definition) is 2. The molecule has 4 nitrogen and oxygen atoms in total. The second-order valence-corrected chi connectivity index (χ2v) is 4.54. The van der Waals surface area contributed by atoms with Gasteiger partial charge in [-0.05, 0) is 25.0 Å². The molecule has 1 N–H and O–H groups in total. The van der Waals surface area contributed by atoms with Crippen LogP contribution in [-0.4, -0.2) is 20.6 Å². The van der Waals surface area contributed by atoms with E-state index in [2.05, 4.69) is 4.98 Å². The van der Waals surface area contributed by atoms with Crippen molar-refractivity contribution in [3.05, 3.63) is 30.1 Å². The van der Waals surface area contributed by atoms with E-state index < -0.39 is 12.0 Å². The normalized spacial score (nSPS) is 13.2. The van der Waals surface area contributed by atoms with Gasteiger partial charge in [-0.2, -0.15) is 0 Å². The van der Waals surface area contributed by atoms with E-state index >= 15 is 0 Å². The molecule has 2 rings (SSSR count). The fourth-order valence-corrected chi connectivity index (χ4v) is 2.21. The predicted molar refractivity (Wildman–Crippen MR) is 66.0 cm³/mol. The van der Waals surface area contributed by atoms with Gasteiger partial charge >= 0.3 is 5.97 Å². The maximum absolute atomic E-state index is 11.4. The van der Waals surface area contributed by atoms with Gasteiger partial charge in [-0.3, -0.25) is 0 Å². The topological polar surface area (TPSA) is 55.1 Å². The largest absolute Gasteiger partial charge is 0.480 e. The van der Waals surface area contributed by atoms with Crippen LogP contribution in [0, 0.1) is 12.8 Å². The maximum Gasteiger partial charge on any atom is 0.327 e. The maximum atomic E-state index is 11.4. The molecule has 0 saturated carbocycles. The number of aliphatic carboxylic acids is 1. The minimum absolute atomic E-state index is 0.0174. The lowest BCUT2D eigenvalue weighted by atomic mass is 10.0. The van der Waals surface area contributed by atoms with E-state index in [4.69, 9.17) is 0 Å². The summed E-state index contributed by atoms with van der Waals surface area (Å²) in [5.41, 5.74) is 1.73. The lowest BCUT2D eigenvalue weighted by Gasteiger charge is -2.20. The zero-order chi connectivity index (χ0) is 12.6. The second kappa shape index (κ2) is 4.20. The zero-order valence-corrected chi connectivity index (χ0v) is 10.2. The van der Waals surface area contributed by atoms with Gasteiger partial charge in [0.2, 0.25) is 0 Å². The number of carboxylic acids is 1. The van der Waals surface area contributed by atoms with Crippen molar-refractivity contribution in [2.75, 3.05) is 0 Å². The quantitative estimate of drug-likeness (QED) is 0.885. The molecule has 0 fully saturated rings. The number of carboxylic acid groups (broad SMARTS) is 1. The number of nitrogens with zero attached hydrogens (tertiary/aromatic N) is 2. The van der Waals surface area contributed by atoms with Crippen molar-refractivity contribution in [1.82, 2.24) is 9.55 Å². The molecule has 0 aliphatic rings. The van der Waals surface area contributed by atoms with Gasteiger partial charge in [-0.25, -0.2) is 9.78 Å². The van der Waals surface area contributed by atoms with Crippen molar-refractivity contribution in [3.8, 4) is 0 Å². The first-order valence-corrected chi connectivity index (χ1v) is 5.68. The summed E-state index contributed by atoms with van der Waals surface area (Å²) in [5, 5.41) is 9.35. The lowest BCUT2D eigenvalue weighted by Crippen LogP contribution is -2.25. The van der Waals surface area contributed by atoms with Crippen molar-refractivity contribution in [3.63, 3.8) is 0 Å². The van der Waals surface area contributed by atoms with Crippen molar-refractivity contribution in [2.24, 2.45) is 5.92 Å². The van der Waals surface area contributed by atoms with Gasteiger partial charge in [-0.1, -0.05) is 26.0 Å². The van der Waals surface area contributed by atoms with Gasteiger partial charge in [0.15, 0.2) is 0 Å². The molecule has 1 heterocycles. The Morgan fingerprint density at radius 1 is 1.35 bits per heavy atom. The molecule has 1 unspecified atom stereocenters. The number of aryl methyl sites for hydroxylation is 1. The summed E-state index contributed by atoms with van der Waals surface area (Å²) in [6, 6.07) is 7.05. The number of rotatable bonds is 3. The van der Waals surface area contributed by atoms with E-state index in [0.29, 0.717) is 0 Å². The second-order valence-electron chi connectivity index (χ2n) is 4.54. The fourth-order valence-electron chi connectivity index (χ4n) is 2.21. The molecule has 2 aromatic rings. The Labute approximate surface area is 99.9 Å². The number of aromatic nitrogens is 2. The van der Waals surface area contributed by atoms with Gasteiger partial charge in [0.1, 0.15) is 11.9 Å². The Hall–Kier alpha value is -1.84. The molecule has 0 bridgehead atoms. The highest BCUT2D eigenvalue weighted by Gasteiger charge is 2.26. The number of carbonyl (C=O) groups is 1. The summed E-state index contributed by atoms with van der Waals surface area (Å²) >= 11 is 0. The van der Waals surface area contributed by atoms with Gasteiger partial charge in [-0.15, -0.1) is 0 Å². The van der Waals surface area contributed by atoms with Crippen LogP contribution in [0.15, 0.2) is 24.3 Å². The molecule has 1 atom stereocenters.